The molecule has 0 bridgehead atoms. The molecule has 2 heterocycles. The summed E-state index contributed by atoms with van der Waals surface area (Å²) in [4.78, 5) is 16.5. The third-order valence-corrected chi connectivity index (χ3v) is 5.88. The van der Waals surface area contributed by atoms with Crippen molar-refractivity contribution in [1.29, 1.82) is 0 Å². The van der Waals surface area contributed by atoms with Crippen LogP contribution in [0.5, 0.6) is 11.5 Å². The Morgan fingerprint density at radius 3 is 2.67 bits per heavy atom. The first-order chi connectivity index (χ1) is 14.5. The maximum absolute atomic E-state index is 12.4. The highest BCUT2D eigenvalue weighted by atomic mass is 32.2. The summed E-state index contributed by atoms with van der Waals surface area (Å²) >= 11 is 2.70. The summed E-state index contributed by atoms with van der Waals surface area (Å²) in [5.74, 6) is 1.96. The van der Waals surface area contributed by atoms with Crippen LogP contribution in [0.4, 0.5) is 5.13 Å². The molecule has 2 aromatic heterocycles. The van der Waals surface area contributed by atoms with Crippen molar-refractivity contribution in [3.05, 3.63) is 54.3 Å². The highest BCUT2D eigenvalue weighted by Crippen LogP contribution is 2.28. The van der Waals surface area contributed by atoms with Crippen LogP contribution in [0.3, 0.4) is 0 Å². The second-order valence-corrected chi connectivity index (χ2v) is 8.46. The number of anilines is 1. The number of benzene rings is 1. The summed E-state index contributed by atoms with van der Waals surface area (Å²) in [6.07, 6.45) is 3.06. The van der Waals surface area contributed by atoms with E-state index < -0.39 is 0 Å². The number of carbonyl (C=O) groups is 1. The van der Waals surface area contributed by atoms with E-state index in [1.54, 1.807) is 19.4 Å². The fourth-order valence-corrected chi connectivity index (χ4v) is 4.00. The molecule has 0 aliphatic carbocycles. The summed E-state index contributed by atoms with van der Waals surface area (Å²) in [6, 6.07) is 7.34. The van der Waals surface area contributed by atoms with Gasteiger partial charge in [-0.05, 0) is 38.1 Å². The summed E-state index contributed by atoms with van der Waals surface area (Å²) in [6.45, 7) is 8.04. The molecule has 0 aliphatic heterocycles. The topological polar surface area (TPSA) is 91.2 Å². The number of ether oxygens (including phenoxy) is 2. The van der Waals surface area contributed by atoms with Gasteiger partial charge >= 0.3 is 0 Å². The van der Waals surface area contributed by atoms with Gasteiger partial charge in [0.2, 0.25) is 5.91 Å². The molecule has 2 atom stereocenters. The van der Waals surface area contributed by atoms with Crippen LogP contribution in [-0.4, -0.2) is 38.0 Å². The molecule has 1 N–H and O–H groups in total. The van der Waals surface area contributed by atoms with Crippen LogP contribution in [0, 0.1) is 0 Å². The molecular formula is C20H23N5O3S2. The second kappa shape index (κ2) is 10.3. The first kappa shape index (κ1) is 21.8. The number of nitrogens with zero attached hydrogens (tertiary/aromatic N) is 4. The van der Waals surface area contributed by atoms with E-state index >= 15 is 0 Å². The summed E-state index contributed by atoms with van der Waals surface area (Å²) < 4.78 is 13.1. The number of carbonyl (C=O) groups excluding carboxylic acids is 1. The van der Waals surface area contributed by atoms with Crippen molar-refractivity contribution in [3.8, 4) is 11.5 Å². The van der Waals surface area contributed by atoms with Crippen molar-refractivity contribution in [2.75, 3.05) is 12.4 Å². The molecule has 0 saturated carbocycles. The van der Waals surface area contributed by atoms with Crippen LogP contribution in [-0.2, 0) is 11.3 Å². The number of rotatable bonds is 10. The van der Waals surface area contributed by atoms with E-state index in [0.717, 1.165) is 5.75 Å². The number of thioether (sulfide) groups is 1. The molecule has 1 amide bonds. The van der Waals surface area contributed by atoms with Gasteiger partial charge in [-0.25, -0.2) is 4.98 Å². The summed E-state index contributed by atoms with van der Waals surface area (Å²) in [7, 11) is 1.62. The molecule has 0 aliphatic rings. The van der Waals surface area contributed by atoms with Crippen molar-refractivity contribution in [3.63, 3.8) is 0 Å². The van der Waals surface area contributed by atoms with Gasteiger partial charge in [0.25, 0.3) is 0 Å². The van der Waals surface area contributed by atoms with Crippen LogP contribution < -0.4 is 14.8 Å². The number of amides is 1. The largest absolute Gasteiger partial charge is 0.497 e. The van der Waals surface area contributed by atoms with Crippen molar-refractivity contribution in [2.45, 2.75) is 36.9 Å². The number of aromatic nitrogens is 4. The fraction of sp³-hybridized carbons (Fsp3) is 0.300. The standard InChI is InChI=1S/C20H23N5O3S2/c1-5-11-25-17(13(2)28-16-8-6-15(27-4)7-9-16)23-24-20(25)30-14(3)18(26)22-19-21-10-12-29-19/h5-10,12-14H,1,11H2,2-4H3,(H,21,22,26). The Kier molecular flexibility index (Phi) is 7.47. The van der Waals surface area contributed by atoms with Crippen molar-refractivity contribution < 1.29 is 14.3 Å². The second-order valence-electron chi connectivity index (χ2n) is 6.26. The van der Waals surface area contributed by atoms with Gasteiger partial charge in [0.05, 0.1) is 12.4 Å². The van der Waals surface area contributed by atoms with Crippen molar-refractivity contribution in [1.82, 2.24) is 19.7 Å². The first-order valence-electron chi connectivity index (χ1n) is 9.23. The van der Waals surface area contributed by atoms with Gasteiger partial charge < -0.3 is 14.8 Å². The van der Waals surface area contributed by atoms with Gasteiger partial charge in [-0.3, -0.25) is 9.36 Å². The predicted octanol–water partition coefficient (Wildman–Crippen LogP) is 4.19. The van der Waals surface area contributed by atoms with Gasteiger partial charge in [0.15, 0.2) is 22.2 Å². The Morgan fingerprint density at radius 1 is 1.30 bits per heavy atom. The van der Waals surface area contributed by atoms with Gasteiger partial charge in [0, 0.05) is 18.1 Å². The third kappa shape index (κ3) is 5.39. The molecule has 30 heavy (non-hydrogen) atoms. The zero-order valence-corrected chi connectivity index (χ0v) is 18.6. The molecule has 2 unspecified atom stereocenters. The smallest absolute Gasteiger partial charge is 0.239 e. The first-order valence-corrected chi connectivity index (χ1v) is 11.0. The number of allylic oxidation sites excluding steroid dienone is 1. The number of methoxy groups -OCH3 is 1. The third-order valence-electron chi connectivity index (χ3n) is 4.11. The number of hydrogen-bond donors (Lipinski definition) is 1. The van der Waals surface area contributed by atoms with Gasteiger partial charge in [-0.15, -0.1) is 28.1 Å². The van der Waals surface area contributed by atoms with E-state index in [2.05, 4.69) is 27.1 Å². The normalized spacial score (nSPS) is 12.8. The van der Waals surface area contributed by atoms with Crippen LogP contribution in [0.25, 0.3) is 0 Å². The summed E-state index contributed by atoms with van der Waals surface area (Å²) in [5.41, 5.74) is 0. The zero-order chi connectivity index (χ0) is 21.5. The van der Waals surface area contributed by atoms with E-state index in [0.29, 0.717) is 28.4 Å². The minimum Gasteiger partial charge on any atom is -0.497 e. The van der Waals surface area contributed by atoms with Gasteiger partial charge in [-0.1, -0.05) is 17.8 Å². The van der Waals surface area contributed by atoms with Crippen LogP contribution >= 0.6 is 23.1 Å². The molecule has 0 radical (unpaired) electrons. The van der Waals surface area contributed by atoms with E-state index in [-0.39, 0.29) is 17.3 Å². The Labute approximate surface area is 183 Å². The maximum Gasteiger partial charge on any atom is 0.239 e. The monoisotopic (exact) mass is 445 g/mol. The zero-order valence-electron chi connectivity index (χ0n) is 16.9. The predicted molar refractivity (Wildman–Crippen MR) is 118 cm³/mol. The molecule has 158 valence electrons. The highest BCUT2D eigenvalue weighted by molar-refractivity contribution is 8.00. The van der Waals surface area contributed by atoms with E-state index in [1.165, 1.54) is 23.1 Å². The van der Waals surface area contributed by atoms with Crippen molar-refractivity contribution >= 4 is 34.1 Å². The minimum atomic E-state index is -0.382. The quantitative estimate of drug-likeness (QED) is 0.370. The van der Waals surface area contributed by atoms with Crippen LogP contribution in [0.2, 0.25) is 0 Å². The molecule has 8 nitrogen and oxygen atoms in total. The lowest BCUT2D eigenvalue weighted by Crippen LogP contribution is -2.23. The SMILES string of the molecule is C=CCn1c(SC(C)C(=O)Nc2nccs2)nnc1C(C)Oc1ccc(OC)cc1. The molecular weight excluding hydrogens is 422 g/mol. The average Bonchev–Trinajstić information content (AvgIpc) is 3.39. The lowest BCUT2D eigenvalue weighted by atomic mass is 10.3. The highest BCUT2D eigenvalue weighted by Gasteiger charge is 2.23. The molecule has 0 spiro atoms. The van der Waals surface area contributed by atoms with Crippen LogP contribution in [0.1, 0.15) is 25.8 Å². The van der Waals surface area contributed by atoms with Gasteiger partial charge in [-0.2, -0.15) is 0 Å². The number of thiazole rings is 1. The number of nitrogens with one attached hydrogen (secondary N) is 1. The Hall–Kier alpha value is -2.85. The molecule has 3 aromatic rings. The van der Waals surface area contributed by atoms with Crippen LogP contribution in [0.15, 0.2) is 53.7 Å². The molecule has 0 fully saturated rings. The molecule has 0 saturated heterocycles. The molecule has 10 heteroatoms. The molecule has 1 aromatic carbocycles. The lowest BCUT2D eigenvalue weighted by molar-refractivity contribution is -0.115. The minimum absolute atomic E-state index is 0.146. The Bertz CT molecular complexity index is 973. The average molecular weight is 446 g/mol. The van der Waals surface area contributed by atoms with E-state index in [4.69, 9.17) is 9.47 Å². The lowest BCUT2D eigenvalue weighted by Gasteiger charge is -2.16. The maximum atomic E-state index is 12.4. The Balaban J connectivity index is 1.71. The van der Waals surface area contributed by atoms with Crippen molar-refractivity contribution in [2.24, 2.45) is 0 Å². The Morgan fingerprint density at radius 2 is 2.03 bits per heavy atom. The van der Waals surface area contributed by atoms with E-state index in [9.17, 15) is 4.79 Å². The summed E-state index contributed by atoms with van der Waals surface area (Å²) in [5, 5.41) is 14.0. The molecule has 3 rings (SSSR count). The van der Waals surface area contributed by atoms with E-state index in [1.807, 2.05) is 48.1 Å². The fourth-order valence-electron chi connectivity index (χ4n) is 2.60. The van der Waals surface area contributed by atoms with Gasteiger partial charge in [0.1, 0.15) is 11.5 Å². The number of hydrogen-bond acceptors (Lipinski definition) is 8.